The average molecular weight is 443 g/mol. The van der Waals surface area contributed by atoms with E-state index < -0.39 is 6.04 Å². The number of nitrogens with zero attached hydrogens (tertiary/aromatic N) is 2. The molecule has 0 radical (unpaired) electrons. The number of para-hydroxylation sites is 1. The van der Waals surface area contributed by atoms with Crippen molar-refractivity contribution in [2.24, 2.45) is 0 Å². The first-order chi connectivity index (χ1) is 16.0. The number of piperazine rings is 1. The fourth-order valence-corrected chi connectivity index (χ4v) is 4.07. The third-order valence-electron chi connectivity index (χ3n) is 5.66. The van der Waals surface area contributed by atoms with Crippen LogP contribution >= 0.6 is 0 Å². The number of anilines is 2. The third kappa shape index (κ3) is 4.46. The van der Waals surface area contributed by atoms with Crippen LogP contribution in [0.3, 0.4) is 0 Å². The number of hydrogen-bond acceptors (Lipinski definition) is 4. The van der Waals surface area contributed by atoms with Crippen molar-refractivity contribution in [1.82, 2.24) is 0 Å². The van der Waals surface area contributed by atoms with Gasteiger partial charge >= 0.3 is 0 Å². The normalized spacial score (nSPS) is 16.7. The summed E-state index contributed by atoms with van der Waals surface area (Å²) < 4.78 is 10.8. The third-order valence-corrected chi connectivity index (χ3v) is 5.66. The number of benzene rings is 3. The Balaban J connectivity index is 1.80. The summed E-state index contributed by atoms with van der Waals surface area (Å²) in [4.78, 5) is 30.4. The van der Waals surface area contributed by atoms with Gasteiger partial charge in [0, 0.05) is 11.8 Å². The molecular formula is C27H26N2O4. The van der Waals surface area contributed by atoms with Crippen molar-refractivity contribution in [3.8, 4) is 11.5 Å². The van der Waals surface area contributed by atoms with Crippen molar-refractivity contribution in [2.45, 2.75) is 13.0 Å². The molecule has 1 saturated heterocycles. The van der Waals surface area contributed by atoms with Crippen LogP contribution < -0.4 is 19.3 Å². The van der Waals surface area contributed by atoms with Crippen LogP contribution in [0, 0.1) is 0 Å². The molecule has 0 aliphatic carbocycles. The van der Waals surface area contributed by atoms with Crippen LogP contribution in [0.4, 0.5) is 11.4 Å². The number of methoxy groups -OCH3 is 2. The van der Waals surface area contributed by atoms with Crippen LogP contribution in [-0.4, -0.2) is 38.6 Å². The Morgan fingerprint density at radius 2 is 1.58 bits per heavy atom. The molecule has 1 aliphatic rings. The van der Waals surface area contributed by atoms with Crippen molar-refractivity contribution in [3.63, 3.8) is 0 Å². The minimum absolute atomic E-state index is 0.0917. The summed E-state index contributed by atoms with van der Waals surface area (Å²) in [5, 5.41) is 0. The largest absolute Gasteiger partial charge is 0.497 e. The standard InChI is InChI=1S/C27H26N2O4/c1-19(16-20-10-6-4-7-11-20)26-27(31)28(23-15-14-22(32-2)17-24(23)33-3)18-25(30)29(26)21-12-8-5-9-13-21/h4-17,26H,18H2,1-3H3/b19-16-/t26-/m1/s1. The zero-order valence-corrected chi connectivity index (χ0v) is 18.9. The molecule has 1 fully saturated rings. The van der Waals surface area contributed by atoms with Crippen LogP contribution in [0.25, 0.3) is 6.08 Å². The van der Waals surface area contributed by atoms with Gasteiger partial charge in [-0.05, 0) is 42.3 Å². The predicted octanol–water partition coefficient (Wildman–Crippen LogP) is 4.56. The van der Waals surface area contributed by atoms with E-state index in [2.05, 4.69) is 0 Å². The fourth-order valence-electron chi connectivity index (χ4n) is 4.07. The Morgan fingerprint density at radius 1 is 0.909 bits per heavy atom. The zero-order valence-electron chi connectivity index (χ0n) is 18.9. The highest BCUT2D eigenvalue weighted by Gasteiger charge is 2.42. The molecule has 0 aromatic heterocycles. The second kappa shape index (κ2) is 9.61. The Morgan fingerprint density at radius 3 is 2.21 bits per heavy atom. The molecule has 0 spiro atoms. The summed E-state index contributed by atoms with van der Waals surface area (Å²) in [6, 6.07) is 23.5. The monoisotopic (exact) mass is 442 g/mol. The van der Waals surface area contributed by atoms with Gasteiger partial charge in [-0.3, -0.25) is 19.4 Å². The average Bonchev–Trinajstić information content (AvgIpc) is 2.85. The van der Waals surface area contributed by atoms with E-state index in [0.717, 1.165) is 11.1 Å². The van der Waals surface area contributed by atoms with Crippen LogP contribution in [-0.2, 0) is 9.59 Å². The molecule has 3 aromatic carbocycles. The van der Waals surface area contributed by atoms with E-state index in [1.165, 1.54) is 12.0 Å². The fraction of sp³-hybridized carbons (Fsp3) is 0.185. The van der Waals surface area contributed by atoms with E-state index in [1.807, 2.05) is 73.7 Å². The zero-order chi connectivity index (χ0) is 23.4. The molecule has 0 unspecified atom stereocenters. The van der Waals surface area contributed by atoms with Gasteiger partial charge in [0.05, 0.1) is 19.9 Å². The van der Waals surface area contributed by atoms with Gasteiger partial charge in [-0.15, -0.1) is 0 Å². The van der Waals surface area contributed by atoms with E-state index in [-0.39, 0.29) is 18.4 Å². The number of carbonyl (C=O) groups excluding carboxylic acids is 2. The van der Waals surface area contributed by atoms with Gasteiger partial charge < -0.3 is 9.47 Å². The topological polar surface area (TPSA) is 59.1 Å². The minimum atomic E-state index is -0.791. The van der Waals surface area contributed by atoms with E-state index in [9.17, 15) is 9.59 Å². The molecule has 6 heteroatoms. The molecule has 6 nitrogen and oxygen atoms in total. The summed E-state index contributed by atoms with van der Waals surface area (Å²) in [7, 11) is 3.10. The summed E-state index contributed by atoms with van der Waals surface area (Å²) >= 11 is 0. The van der Waals surface area contributed by atoms with Gasteiger partial charge in [0.1, 0.15) is 24.1 Å². The first-order valence-corrected chi connectivity index (χ1v) is 10.7. The van der Waals surface area contributed by atoms with Crippen LogP contribution in [0.1, 0.15) is 12.5 Å². The van der Waals surface area contributed by atoms with Gasteiger partial charge in [0.2, 0.25) is 5.91 Å². The lowest BCUT2D eigenvalue weighted by atomic mass is 9.98. The smallest absolute Gasteiger partial charge is 0.255 e. The van der Waals surface area contributed by atoms with Gasteiger partial charge in [0.15, 0.2) is 0 Å². The Bertz CT molecular complexity index is 1180. The van der Waals surface area contributed by atoms with Crippen molar-refractivity contribution in [2.75, 3.05) is 30.6 Å². The first-order valence-electron chi connectivity index (χ1n) is 10.7. The highest BCUT2D eigenvalue weighted by Crippen LogP contribution is 2.36. The number of amides is 2. The maximum absolute atomic E-state index is 13.9. The summed E-state index contributed by atoms with van der Waals surface area (Å²) in [5.41, 5.74) is 2.94. The molecule has 3 aromatic rings. The van der Waals surface area contributed by atoms with Crippen LogP contribution in [0.15, 0.2) is 84.4 Å². The molecule has 33 heavy (non-hydrogen) atoms. The maximum Gasteiger partial charge on any atom is 0.255 e. The molecule has 1 aliphatic heterocycles. The summed E-state index contributed by atoms with van der Waals surface area (Å²) in [6.45, 7) is 1.79. The second-order valence-electron chi connectivity index (χ2n) is 7.76. The molecule has 0 bridgehead atoms. The number of ether oxygens (including phenoxy) is 2. The molecule has 2 amide bonds. The van der Waals surface area contributed by atoms with Gasteiger partial charge in [-0.2, -0.15) is 0 Å². The molecule has 168 valence electrons. The first kappa shape index (κ1) is 22.1. The lowest BCUT2D eigenvalue weighted by molar-refractivity contribution is -0.127. The maximum atomic E-state index is 13.9. The second-order valence-corrected chi connectivity index (χ2v) is 7.76. The lowest BCUT2D eigenvalue weighted by Gasteiger charge is -2.41. The Hall–Kier alpha value is -4.06. The molecule has 0 N–H and O–H groups in total. The van der Waals surface area contributed by atoms with Gasteiger partial charge in [0.25, 0.3) is 5.91 Å². The molecule has 0 saturated carbocycles. The molecular weight excluding hydrogens is 416 g/mol. The number of carbonyl (C=O) groups is 2. The Labute approximate surface area is 193 Å². The van der Waals surface area contributed by atoms with Crippen LogP contribution in [0.5, 0.6) is 11.5 Å². The SMILES string of the molecule is COc1ccc(N2CC(=O)N(c3ccccc3)[C@H](/C(C)=C\c3ccccc3)C2=O)c(OC)c1. The van der Waals surface area contributed by atoms with Crippen molar-refractivity contribution in [3.05, 3.63) is 90.0 Å². The molecule has 4 rings (SSSR count). The number of hydrogen-bond donors (Lipinski definition) is 0. The highest BCUT2D eigenvalue weighted by molar-refractivity contribution is 6.16. The summed E-state index contributed by atoms with van der Waals surface area (Å²) in [6.07, 6.45) is 1.94. The van der Waals surface area contributed by atoms with Crippen molar-refractivity contribution in [1.29, 1.82) is 0 Å². The summed E-state index contributed by atoms with van der Waals surface area (Å²) in [5.74, 6) is 0.692. The lowest BCUT2D eigenvalue weighted by Crippen LogP contribution is -2.61. The van der Waals surface area contributed by atoms with E-state index in [1.54, 1.807) is 30.2 Å². The quantitative estimate of drug-likeness (QED) is 0.562. The van der Waals surface area contributed by atoms with E-state index in [4.69, 9.17) is 9.47 Å². The van der Waals surface area contributed by atoms with E-state index in [0.29, 0.717) is 22.9 Å². The van der Waals surface area contributed by atoms with E-state index >= 15 is 0 Å². The molecule has 1 heterocycles. The predicted molar refractivity (Wildman–Crippen MR) is 130 cm³/mol. The van der Waals surface area contributed by atoms with Crippen molar-refractivity contribution < 1.29 is 19.1 Å². The van der Waals surface area contributed by atoms with Crippen molar-refractivity contribution >= 4 is 29.3 Å². The molecule has 1 atom stereocenters. The van der Waals surface area contributed by atoms with Gasteiger partial charge in [-0.1, -0.05) is 54.6 Å². The number of rotatable bonds is 6. The minimum Gasteiger partial charge on any atom is -0.497 e. The van der Waals surface area contributed by atoms with Gasteiger partial charge in [-0.25, -0.2) is 0 Å². The highest BCUT2D eigenvalue weighted by atomic mass is 16.5. The Kier molecular flexibility index (Phi) is 6.45. The van der Waals surface area contributed by atoms with Crippen LogP contribution in [0.2, 0.25) is 0 Å².